The molecule has 25 heavy (non-hydrogen) atoms. The summed E-state index contributed by atoms with van der Waals surface area (Å²) in [4.78, 5) is 23.1. The summed E-state index contributed by atoms with van der Waals surface area (Å²) in [5.74, 6) is -0.286. The highest BCUT2D eigenvalue weighted by molar-refractivity contribution is 5.94. The molecule has 132 valence electrons. The molecule has 0 spiro atoms. The van der Waals surface area contributed by atoms with Gasteiger partial charge in [-0.3, -0.25) is 9.59 Å². The molecule has 5 nitrogen and oxygen atoms in total. The van der Waals surface area contributed by atoms with Crippen molar-refractivity contribution in [3.8, 4) is 5.75 Å². The Hall–Kier alpha value is -2.82. The lowest BCUT2D eigenvalue weighted by molar-refractivity contribution is -0.147. The second-order valence-corrected chi connectivity index (χ2v) is 6.49. The fourth-order valence-corrected chi connectivity index (χ4v) is 2.13. The molecule has 1 amide bonds. The first kappa shape index (κ1) is 18.5. The summed E-state index contributed by atoms with van der Waals surface area (Å²) >= 11 is 0. The second kappa shape index (κ2) is 8.33. The van der Waals surface area contributed by atoms with Crippen molar-refractivity contribution in [2.24, 2.45) is 5.41 Å². The zero-order valence-electron chi connectivity index (χ0n) is 14.5. The van der Waals surface area contributed by atoms with Gasteiger partial charge in [0.15, 0.2) is 0 Å². The molecule has 0 heterocycles. The van der Waals surface area contributed by atoms with Crippen molar-refractivity contribution in [1.29, 1.82) is 0 Å². The van der Waals surface area contributed by atoms with E-state index in [-0.39, 0.29) is 5.91 Å². The summed E-state index contributed by atoms with van der Waals surface area (Å²) in [6.45, 7) is 4.03. The highest BCUT2D eigenvalue weighted by atomic mass is 16.5. The molecule has 2 aromatic rings. The number of ether oxygens (including phenoxy) is 1. The average molecular weight is 341 g/mol. The first-order valence-electron chi connectivity index (χ1n) is 8.17. The lowest BCUT2D eigenvalue weighted by Crippen LogP contribution is -2.31. The molecule has 0 saturated heterocycles. The SMILES string of the molecule is CC(C)(CCNC(=O)c1ccc(COc2ccccc2)cc1)C(=O)O. The van der Waals surface area contributed by atoms with Gasteiger partial charge in [0, 0.05) is 12.1 Å². The minimum atomic E-state index is -0.871. The molecular weight excluding hydrogens is 318 g/mol. The number of nitrogens with one attached hydrogen (secondary N) is 1. The lowest BCUT2D eigenvalue weighted by atomic mass is 9.90. The van der Waals surface area contributed by atoms with Gasteiger partial charge in [-0.2, -0.15) is 0 Å². The zero-order chi connectivity index (χ0) is 18.3. The molecule has 0 atom stereocenters. The van der Waals surface area contributed by atoms with E-state index in [1.54, 1.807) is 26.0 Å². The maximum Gasteiger partial charge on any atom is 0.309 e. The van der Waals surface area contributed by atoms with Crippen LogP contribution in [0.5, 0.6) is 5.75 Å². The van der Waals surface area contributed by atoms with Crippen LogP contribution in [0.4, 0.5) is 0 Å². The van der Waals surface area contributed by atoms with Crippen LogP contribution in [0.15, 0.2) is 54.6 Å². The van der Waals surface area contributed by atoms with Gasteiger partial charge in [-0.15, -0.1) is 0 Å². The van der Waals surface area contributed by atoms with E-state index >= 15 is 0 Å². The monoisotopic (exact) mass is 341 g/mol. The molecule has 2 aromatic carbocycles. The Morgan fingerprint density at radius 2 is 1.68 bits per heavy atom. The lowest BCUT2D eigenvalue weighted by Gasteiger charge is -2.18. The van der Waals surface area contributed by atoms with Crippen molar-refractivity contribution >= 4 is 11.9 Å². The van der Waals surface area contributed by atoms with Crippen LogP contribution in [0.1, 0.15) is 36.2 Å². The minimum Gasteiger partial charge on any atom is -0.489 e. The number of carboxylic acid groups (broad SMARTS) is 1. The fraction of sp³-hybridized carbons (Fsp3) is 0.300. The Balaban J connectivity index is 1.82. The van der Waals surface area contributed by atoms with E-state index in [1.165, 1.54) is 0 Å². The highest BCUT2D eigenvalue weighted by Gasteiger charge is 2.26. The van der Waals surface area contributed by atoms with Gasteiger partial charge in [0.1, 0.15) is 12.4 Å². The molecule has 0 aliphatic carbocycles. The Bertz CT molecular complexity index is 708. The van der Waals surface area contributed by atoms with Gasteiger partial charge in [0.25, 0.3) is 5.91 Å². The Morgan fingerprint density at radius 3 is 2.28 bits per heavy atom. The van der Waals surface area contributed by atoms with Gasteiger partial charge in [-0.05, 0) is 50.1 Å². The van der Waals surface area contributed by atoms with Crippen molar-refractivity contribution in [3.63, 3.8) is 0 Å². The fourth-order valence-electron chi connectivity index (χ4n) is 2.13. The first-order chi connectivity index (χ1) is 11.9. The number of benzene rings is 2. The van der Waals surface area contributed by atoms with Crippen LogP contribution in [-0.4, -0.2) is 23.5 Å². The van der Waals surface area contributed by atoms with Crippen LogP contribution in [0.2, 0.25) is 0 Å². The maximum atomic E-state index is 12.1. The predicted octanol–water partition coefficient (Wildman–Crippen LogP) is 3.50. The van der Waals surface area contributed by atoms with E-state index in [1.807, 2.05) is 42.5 Å². The molecular formula is C20H23NO4. The normalized spacial score (nSPS) is 11.0. The summed E-state index contributed by atoms with van der Waals surface area (Å²) in [6.07, 6.45) is 0.372. The number of para-hydroxylation sites is 1. The summed E-state index contributed by atoms with van der Waals surface area (Å²) in [5.41, 5.74) is 0.648. The largest absolute Gasteiger partial charge is 0.489 e. The molecule has 0 aromatic heterocycles. The number of carbonyl (C=O) groups is 2. The minimum absolute atomic E-state index is 0.211. The molecule has 0 fully saturated rings. The number of rotatable bonds is 8. The predicted molar refractivity (Wildman–Crippen MR) is 95.6 cm³/mol. The van der Waals surface area contributed by atoms with Crippen LogP contribution in [-0.2, 0) is 11.4 Å². The van der Waals surface area contributed by atoms with Crippen LogP contribution >= 0.6 is 0 Å². The number of carbonyl (C=O) groups excluding carboxylic acids is 1. The summed E-state index contributed by atoms with van der Waals surface area (Å²) in [6, 6.07) is 16.7. The van der Waals surface area contributed by atoms with Crippen LogP contribution in [0.3, 0.4) is 0 Å². The van der Waals surface area contributed by atoms with Gasteiger partial charge < -0.3 is 15.2 Å². The van der Waals surface area contributed by atoms with Gasteiger partial charge in [0.2, 0.25) is 0 Å². The van der Waals surface area contributed by atoms with E-state index < -0.39 is 11.4 Å². The average Bonchev–Trinajstić information content (AvgIpc) is 2.61. The van der Waals surface area contributed by atoms with Crippen LogP contribution in [0, 0.1) is 5.41 Å². The highest BCUT2D eigenvalue weighted by Crippen LogP contribution is 2.19. The molecule has 0 bridgehead atoms. The molecule has 0 radical (unpaired) electrons. The van der Waals surface area contributed by atoms with Gasteiger partial charge in [-0.1, -0.05) is 30.3 Å². The van der Waals surface area contributed by atoms with E-state index in [4.69, 9.17) is 9.84 Å². The third-order valence-corrected chi connectivity index (χ3v) is 3.98. The molecule has 0 unspecified atom stereocenters. The van der Waals surface area contributed by atoms with E-state index in [9.17, 15) is 9.59 Å². The molecule has 5 heteroatoms. The Labute approximate surface area is 147 Å². The molecule has 2 rings (SSSR count). The summed E-state index contributed by atoms with van der Waals surface area (Å²) in [7, 11) is 0. The molecule has 0 aliphatic rings. The van der Waals surface area contributed by atoms with E-state index in [0.717, 1.165) is 11.3 Å². The first-order valence-corrected chi connectivity index (χ1v) is 8.17. The summed E-state index contributed by atoms with van der Waals surface area (Å²) < 4.78 is 5.66. The van der Waals surface area contributed by atoms with Crippen molar-refractivity contribution in [2.75, 3.05) is 6.54 Å². The van der Waals surface area contributed by atoms with E-state index in [0.29, 0.717) is 25.1 Å². The quantitative estimate of drug-likeness (QED) is 0.770. The number of aliphatic carboxylic acids is 1. The third kappa shape index (κ3) is 5.64. The van der Waals surface area contributed by atoms with Crippen molar-refractivity contribution < 1.29 is 19.4 Å². The number of amides is 1. The smallest absolute Gasteiger partial charge is 0.309 e. The van der Waals surface area contributed by atoms with E-state index in [2.05, 4.69) is 5.32 Å². The topological polar surface area (TPSA) is 75.6 Å². The van der Waals surface area contributed by atoms with Gasteiger partial charge in [-0.25, -0.2) is 0 Å². The maximum absolute atomic E-state index is 12.1. The number of hydrogen-bond donors (Lipinski definition) is 2. The van der Waals surface area contributed by atoms with Crippen molar-refractivity contribution in [2.45, 2.75) is 26.9 Å². The second-order valence-electron chi connectivity index (χ2n) is 6.49. The number of carboxylic acids is 1. The van der Waals surface area contributed by atoms with Crippen molar-refractivity contribution in [3.05, 3.63) is 65.7 Å². The Kier molecular flexibility index (Phi) is 6.17. The van der Waals surface area contributed by atoms with Crippen molar-refractivity contribution in [1.82, 2.24) is 5.32 Å². The summed E-state index contributed by atoms with van der Waals surface area (Å²) in [5, 5.41) is 11.8. The molecule has 0 saturated carbocycles. The third-order valence-electron chi connectivity index (χ3n) is 3.98. The molecule has 0 aliphatic heterocycles. The van der Waals surface area contributed by atoms with Crippen LogP contribution in [0.25, 0.3) is 0 Å². The molecule has 2 N–H and O–H groups in total. The van der Waals surface area contributed by atoms with Gasteiger partial charge in [0.05, 0.1) is 5.41 Å². The standard InChI is InChI=1S/C20H23NO4/c1-20(2,19(23)24)12-13-21-18(22)16-10-8-15(9-11-16)14-25-17-6-4-3-5-7-17/h3-11H,12-14H2,1-2H3,(H,21,22)(H,23,24). The number of hydrogen-bond acceptors (Lipinski definition) is 3. The Morgan fingerprint density at radius 1 is 1.04 bits per heavy atom. The van der Waals surface area contributed by atoms with Crippen LogP contribution < -0.4 is 10.1 Å². The van der Waals surface area contributed by atoms with Gasteiger partial charge >= 0.3 is 5.97 Å². The zero-order valence-corrected chi connectivity index (χ0v) is 14.5.